The predicted octanol–water partition coefficient (Wildman–Crippen LogP) is 2.18. The minimum Gasteiger partial charge on any atom is -0.495 e. The van der Waals surface area contributed by atoms with Gasteiger partial charge in [-0.3, -0.25) is 4.79 Å². The van der Waals surface area contributed by atoms with Crippen LogP contribution in [0.1, 0.15) is 0 Å². The number of morpholine rings is 1. The molecule has 1 aliphatic heterocycles. The normalized spacial score (nSPS) is 14.1. The molecule has 5 rings (SSSR count). The van der Waals surface area contributed by atoms with Gasteiger partial charge in [0.05, 0.1) is 36.4 Å². The van der Waals surface area contributed by atoms with Crippen LogP contribution in [0, 0.1) is 0 Å². The molecule has 0 spiro atoms. The minimum absolute atomic E-state index is 0.263. The zero-order valence-corrected chi connectivity index (χ0v) is 18.6. The van der Waals surface area contributed by atoms with Crippen LogP contribution in [0.3, 0.4) is 0 Å². The lowest BCUT2D eigenvalue weighted by Gasteiger charge is -2.27. The van der Waals surface area contributed by atoms with Crippen LogP contribution in [0.5, 0.6) is 5.75 Å². The van der Waals surface area contributed by atoms with Crippen LogP contribution in [0.25, 0.3) is 16.7 Å². The van der Waals surface area contributed by atoms with E-state index in [2.05, 4.69) is 10.4 Å². The number of amides is 1. The molecule has 1 aliphatic rings. The highest BCUT2D eigenvalue weighted by Crippen LogP contribution is 2.27. The molecule has 1 saturated heterocycles. The van der Waals surface area contributed by atoms with Gasteiger partial charge in [0.2, 0.25) is 11.6 Å². The van der Waals surface area contributed by atoms with E-state index in [1.54, 1.807) is 18.2 Å². The molecule has 0 aliphatic carbocycles. The Bertz CT molecular complexity index is 1410. The maximum atomic E-state index is 13.3. The fourth-order valence-corrected chi connectivity index (χ4v) is 4.11. The Morgan fingerprint density at radius 2 is 2.00 bits per heavy atom. The van der Waals surface area contributed by atoms with Gasteiger partial charge in [-0.15, -0.1) is 5.10 Å². The van der Waals surface area contributed by atoms with Gasteiger partial charge in [0.1, 0.15) is 12.3 Å². The average molecular weight is 469 g/mol. The second-order valence-corrected chi connectivity index (χ2v) is 7.93. The van der Waals surface area contributed by atoms with E-state index in [0.717, 1.165) is 4.68 Å². The summed E-state index contributed by atoms with van der Waals surface area (Å²) in [6, 6.07) is 12.3. The molecule has 0 radical (unpaired) electrons. The van der Waals surface area contributed by atoms with Crippen molar-refractivity contribution >= 4 is 45.7 Å². The van der Waals surface area contributed by atoms with E-state index in [9.17, 15) is 9.59 Å². The van der Waals surface area contributed by atoms with Crippen molar-refractivity contribution in [2.24, 2.45) is 0 Å². The average Bonchev–Trinajstić information content (AvgIpc) is 3.15. The van der Waals surface area contributed by atoms with Gasteiger partial charge >= 0.3 is 5.69 Å². The van der Waals surface area contributed by atoms with Gasteiger partial charge in [-0.1, -0.05) is 23.7 Å². The summed E-state index contributed by atoms with van der Waals surface area (Å²) >= 11 is 6.13. The van der Waals surface area contributed by atoms with Crippen LogP contribution in [0.4, 0.5) is 11.5 Å². The molecular formula is C22H21ClN6O4. The third-order valence-corrected chi connectivity index (χ3v) is 5.72. The summed E-state index contributed by atoms with van der Waals surface area (Å²) in [5.41, 5.74) is 1.78. The molecular weight excluding hydrogens is 448 g/mol. The monoisotopic (exact) mass is 468 g/mol. The minimum atomic E-state index is -0.416. The van der Waals surface area contributed by atoms with E-state index < -0.39 is 11.6 Å². The third-order valence-electron chi connectivity index (χ3n) is 5.43. The second kappa shape index (κ2) is 8.72. The molecule has 0 saturated carbocycles. The van der Waals surface area contributed by atoms with Crippen LogP contribution in [-0.4, -0.2) is 58.5 Å². The highest BCUT2D eigenvalue weighted by atomic mass is 35.5. The SMILES string of the molecule is COc1ccc(NC(=O)Cn2nc3c(N4CCOCC4)nc4ccccc4n3c2=O)cc1Cl. The number of nitrogens with zero attached hydrogens (tertiary/aromatic N) is 5. The molecule has 11 heteroatoms. The highest BCUT2D eigenvalue weighted by Gasteiger charge is 2.22. The Morgan fingerprint density at radius 3 is 2.76 bits per heavy atom. The van der Waals surface area contributed by atoms with Gasteiger partial charge in [0.15, 0.2) is 5.82 Å². The Balaban J connectivity index is 1.52. The number of anilines is 2. The quantitative estimate of drug-likeness (QED) is 0.479. The molecule has 2 aromatic heterocycles. The summed E-state index contributed by atoms with van der Waals surface area (Å²) in [7, 11) is 1.51. The Morgan fingerprint density at radius 1 is 1.21 bits per heavy atom. The first kappa shape index (κ1) is 21.2. The van der Waals surface area contributed by atoms with Crippen LogP contribution in [-0.2, 0) is 16.1 Å². The molecule has 0 atom stereocenters. The maximum Gasteiger partial charge on any atom is 0.351 e. The number of carbonyl (C=O) groups excluding carboxylic acids is 1. The van der Waals surface area contributed by atoms with Gasteiger partial charge < -0.3 is 19.7 Å². The number of benzene rings is 2. The zero-order chi connectivity index (χ0) is 22.9. The fourth-order valence-electron chi connectivity index (χ4n) is 3.85. The first-order valence-corrected chi connectivity index (χ1v) is 10.8. The summed E-state index contributed by atoms with van der Waals surface area (Å²) in [5, 5.41) is 7.59. The molecule has 1 N–H and O–H groups in total. The topological polar surface area (TPSA) is 103 Å². The highest BCUT2D eigenvalue weighted by molar-refractivity contribution is 6.32. The van der Waals surface area contributed by atoms with Crippen molar-refractivity contribution in [1.29, 1.82) is 0 Å². The molecule has 2 aromatic carbocycles. The van der Waals surface area contributed by atoms with Gasteiger partial charge in [0, 0.05) is 18.8 Å². The number of methoxy groups -OCH3 is 1. The largest absolute Gasteiger partial charge is 0.495 e. The van der Waals surface area contributed by atoms with Crippen molar-refractivity contribution in [3.8, 4) is 5.75 Å². The number of nitrogens with one attached hydrogen (secondary N) is 1. The summed E-state index contributed by atoms with van der Waals surface area (Å²) in [6.45, 7) is 2.15. The second-order valence-electron chi connectivity index (χ2n) is 7.52. The van der Waals surface area contributed by atoms with Gasteiger partial charge in [-0.2, -0.15) is 0 Å². The molecule has 4 aromatic rings. The van der Waals surface area contributed by atoms with E-state index in [4.69, 9.17) is 26.1 Å². The van der Waals surface area contributed by atoms with Crippen LogP contribution in [0.2, 0.25) is 5.02 Å². The molecule has 10 nitrogen and oxygen atoms in total. The van der Waals surface area contributed by atoms with E-state index in [1.807, 2.05) is 29.2 Å². The van der Waals surface area contributed by atoms with Crippen molar-refractivity contribution in [1.82, 2.24) is 19.2 Å². The Kier molecular flexibility index (Phi) is 5.61. The lowest BCUT2D eigenvalue weighted by molar-refractivity contribution is -0.117. The number of hydrogen-bond acceptors (Lipinski definition) is 7. The maximum absolute atomic E-state index is 13.3. The van der Waals surface area contributed by atoms with E-state index in [1.165, 1.54) is 11.5 Å². The number of para-hydroxylation sites is 2. The lowest BCUT2D eigenvalue weighted by atomic mass is 10.3. The molecule has 3 heterocycles. The first-order valence-electron chi connectivity index (χ1n) is 10.4. The van der Waals surface area contributed by atoms with Crippen LogP contribution < -0.4 is 20.6 Å². The van der Waals surface area contributed by atoms with Crippen molar-refractivity contribution in [3.63, 3.8) is 0 Å². The third kappa shape index (κ3) is 3.98. The smallest absolute Gasteiger partial charge is 0.351 e. The number of rotatable bonds is 5. The number of aromatic nitrogens is 4. The van der Waals surface area contributed by atoms with Crippen molar-refractivity contribution in [2.45, 2.75) is 6.54 Å². The molecule has 0 unspecified atom stereocenters. The van der Waals surface area contributed by atoms with Crippen LogP contribution in [0.15, 0.2) is 47.3 Å². The number of hydrogen-bond donors (Lipinski definition) is 1. The zero-order valence-electron chi connectivity index (χ0n) is 17.8. The first-order chi connectivity index (χ1) is 16.0. The Labute approximate surface area is 193 Å². The predicted molar refractivity (Wildman–Crippen MR) is 124 cm³/mol. The number of ether oxygens (including phenoxy) is 2. The number of fused-ring (bicyclic) bond motifs is 3. The van der Waals surface area contributed by atoms with Crippen LogP contribution >= 0.6 is 11.6 Å². The molecule has 170 valence electrons. The molecule has 33 heavy (non-hydrogen) atoms. The number of carbonyl (C=O) groups is 1. The standard InChI is InChI=1S/C22H21ClN6O4/c1-32-18-7-6-14(12-15(18)23)24-19(30)13-28-22(31)29-17-5-3-2-4-16(17)25-20(21(29)26-28)27-8-10-33-11-9-27/h2-7,12H,8-11,13H2,1H3,(H,24,30). The van der Waals surface area contributed by atoms with E-state index >= 15 is 0 Å². The molecule has 0 bridgehead atoms. The van der Waals surface area contributed by atoms with Gasteiger partial charge in [0.25, 0.3) is 0 Å². The van der Waals surface area contributed by atoms with Gasteiger partial charge in [-0.05, 0) is 30.3 Å². The van der Waals surface area contributed by atoms with Crippen molar-refractivity contribution < 1.29 is 14.3 Å². The van der Waals surface area contributed by atoms with E-state index in [0.29, 0.717) is 65.3 Å². The van der Waals surface area contributed by atoms with E-state index in [-0.39, 0.29) is 6.54 Å². The van der Waals surface area contributed by atoms with Crippen molar-refractivity contribution in [3.05, 3.63) is 58.0 Å². The summed E-state index contributed by atoms with van der Waals surface area (Å²) in [5.74, 6) is 0.684. The van der Waals surface area contributed by atoms with Crippen molar-refractivity contribution in [2.75, 3.05) is 43.6 Å². The fraction of sp³-hybridized carbons (Fsp3) is 0.273. The lowest BCUT2D eigenvalue weighted by Crippen LogP contribution is -2.37. The van der Waals surface area contributed by atoms with Gasteiger partial charge in [-0.25, -0.2) is 18.9 Å². The Hall–Kier alpha value is -3.63. The molecule has 1 amide bonds. The molecule has 1 fully saturated rings. The summed E-state index contributed by atoms with van der Waals surface area (Å²) < 4.78 is 13.2. The summed E-state index contributed by atoms with van der Waals surface area (Å²) in [4.78, 5) is 32.8. The summed E-state index contributed by atoms with van der Waals surface area (Å²) in [6.07, 6.45) is 0. The number of halogens is 1.